The molecule has 17 heavy (non-hydrogen) atoms. The van der Waals surface area contributed by atoms with Crippen molar-refractivity contribution in [2.45, 2.75) is 39.7 Å². The van der Waals surface area contributed by atoms with Gasteiger partial charge in [-0.05, 0) is 49.8 Å². The molecule has 1 N–H and O–H groups in total. The van der Waals surface area contributed by atoms with E-state index >= 15 is 0 Å². The number of hydrogen-bond donors (Lipinski definition) is 1. The first-order valence-corrected chi connectivity index (χ1v) is 6.38. The van der Waals surface area contributed by atoms with E-state index in [4.69, 9.17) is 0 Å². The van der Waals surface area contributed by atoms with Crippen molar-refractivity contribution >= 4 is 5.95 Å². The lowest BCUT2D eigenvalue weighted by Gasteiger charge is -2.19. The van der Waals surface area contributed by atoms with Crippen LogP contribution in [0.2, 0.25) is 0 Å². The van der Waals surface area contributed by atoms with Crippen LogP contribution in [0.5, 0.6) is 0 Å². The van der Waals surface area contributed by atoms with E-state index in [9.17, 15) is 0 Å². The van der Waals surface area contributed by atoms with Crippen LogP contribution in [0, 0.1) is 0 Å². The van der Waals surface area contributed by atoms with Gasteiger partial charge in [0.05, 0.1) is 0 Å². The van der Waals surface area contributed by atoms with Crippen LogP contribution >= 0.6 is 0 Å². The fourth-order valence-corrected chi connectivity index (χ4v) is 1.81. The summed E-state index contributed by atoms with van der Waals surface area (Å²) < 4.78 is 1.65. The van der Waals surface area contributed by atoms with Crippen LogP contribution in [0.15, 0.2) is 0 Å². The Morgan fingerprint density at radius 3 is 2.59 bits per heavy atom. The Labute approximate surface area is 103 Å². The van der Waals surface area contributed by atoms with Gasteiger partial charge in [-0.1, -0.05) is 18.9 Å². The maximum absolute atomic E-state index is 3.91. The molecule has 98 valence electrons. The van der Waals surface area contributed by atoms with Crippen molar-refractivity contribution in [1.82, 2.24) is 25.1 Å². The molecule has 0 amide bonds. The molecule has 1 aromatic heterocycles. The highest BCUT2D eigenvalue weighted by molar-refractivity contribution is 5.22. The molecule has 0 aliphatic heterocycles. The minimum atomic E-state index is 0.398. The van der Waals surface area contributed by atoms with Crippen LogP contribution in [0.4, 0.5) is 5.95 Å². The van der Waals surface area contributed by atoms with Gasteiger partial charge in [0.1, 0.15) is 0 Å². The smallest absolute Gasteiger partial charge is 0.242 e. The van der Waals surface area contributed by atoms with Gasteiger partial charge in [-0.25, -0.2) is 4.68 Å². The molecule has 1 atom stereocenters. The zero-order valence-corrected chi connectivity index (χ0v) is 11.3. The molecule has 0 aliphatic rings. The molecule has 0 fully saturated rings. The maximum Gasteiger partial charge on any atom is 0.242 e. The van der Waals surface area contributed by atoms with Crippen molar-refractivity contribution in [3.05, 3.63) is 0 Å². The van der Waals surface area contributed by atoms with Crippen molar-refractivity contribution in [2.24, 2.45) is 7.05 Å². The first kappa shape index (κ1) is 13.9. The summed E-state index contributed by atoms with van der Waals surface area (Å²) in [6.07, 6.45) is 2.32. The average Bonchev–Trinajstić information content (AvgIpc) is 2.71. The van der Waals surface area contributed by atoms with E-state index in [-0.39, 0.29) is 0 Å². The van der Waals surface area contributed by atoms with Crippen LogP contribution in [0.1, 0.15) is 33.6 Å². The topological polar surface area (TPSA) is 58.9 Å². The van der Waals surface area contributed by atoms with Gasteiger partial charge in [0.15, 0.2) is 0 Å². The summed E-state index contributed by atoms with van der Waals surface area (Å²) in [5, 5.41) is 14.6. The van der Waals surface area contributed by atoms with E-state index in [2.05, 4.69) is 46.5 Å². The van der Waals surface area contributed by atoms with E-state index in [1.54, 1.807) is 4.68 Å². The van der Waals surface area contributed by atoms with Crippen LogP contribution in [-0.2, 0) is 7.05 Å². The second kappa shape index (κ2) is 7.21. The lowest BCUT2D eigenvalue weighted by atomic mass is 10.2. The number of tetrazole rings is 1. The highest BCUT2D eigenvalue weighted by Gasteiger charge is 2.07. The molecule has 0 bridgehead atoms. The number of nitrogens with zero attached hydrogens (tertiary/aromatic N) is 5. The lowest BCUT2D eigenvalue weighted by molar-refractivity contribution is 0.295. The van der Waals surface area contributed by atoms with E-state index in [1.807, 2.05) is 7.05 Å². The molecule has 1 rings (SSSR count). The summed E-state index contributed by atoms with van der Waals surface area (Å²) in [5.74, 6) is 0.736. The van der Waals surface area contributed by atoms with Gasteiger partial charge in [0.25, 0.3) is 0 Å². The summed E-state index contributed by atoms with van der Waals surface area (Å²) in [6.45, 7) is 10.00. The van der Waals surface area contributed by atoms with Crippen LogP contribution < -0.4 is 5.32 Å². The first-order valence-electron chi connectivity index (χ1n) is 6.38. The van der Waals surface area contributed by atoms with Crippen molar-refractivity contribution in [1.29, 1.82) is 0 Å². The molecule has 1 heterocycles. The zero-order chi connectivity index (χ0) is 12.7. The van der Waals surface area contributed by atoms with Crippen LogP contribution in [-0.4, -0.2) is 50.8 Å². The van der Waals surface area contributed by atoms with Crippen molar-refractivity contribution in [2.75, 3.05) is 25.0 Å². The summed E-state index contributed by atoms with van der Waals surface area (Å²) >= 11 is 0. The van der Waals surface area contributed by atoms with E-state index in [0.29, 0.717) is 6.04 Å². The Morgan fingerprint density at radius 2 is 2.06 bits per heavy atom. The molecule has 6 nitrogen and oxygen atoms in total. The predicted octanol–water partition coefficient (Wildman–Crippen LogP) is 1.13. The van der Waals surface area contributed by atoms with Gasteiger partial charge in [0.2, 0.25) is 5.95 Å². The maximum atomic E-state index is 3.91. The number of hydrogen-bond acceptors (Lipinski definition) is 5. The Kier molecular flexibility index (Phi) is 5.90. The van der Waals surface area contributed by atoms with Gasteiger partial charge in [-0.3, -0.25) is 0 Å². The molecule has 1 aromatic rings. The van der Waals surface area contributed by atoms with E-state index in [0.717, 1.165) is 32.0 Å². The molecular formula is C11H24N6. The van der Waals surface area contributed by atoms with Gasteiger partial charge in [0, 0.05) is 13.1 Å². The fourth-order valence-electron chi connectivity index (χ4n) is 1.81. The molecule has 6 heteroatoms. The van der Waals surface area contributed by atoms with Crippen LogP contribution in [0.25, 0.3) is 0 Å². The Morgan fingerprint density at radius 1 is 1.35 bits per heavy atom. The Bertz CT molecular complexity index is 307. The molecule has 0 spiro atoms. The number of anilines is 1. The molecule has 1 unspecified atom stereocenters. The average molecular weight is 240 g/mol. The normalized spacial score (nSPS) is 13.0. The summed E-state index contributed by atoms with van der Waals surface area (Å²) in [5.41, 5.74) is 0. The van der Waals surface area contributed by atoms with Gasteiger partial charge in [-0.2, -0.15) is 0 Å². The SMILES string of the molecule is CCN(CC)CCCC(C)Nc1nnnn1C. The summed E-state index contributed by atoms with van der Waals surface area (Å²) in [7, 11) is 1.84. The summed E-state index contributed by atoms with van der Waals surface area (Å²) in [4.78, 5) is 2.44. The second-order valence-electron chi connectivity index (χ2n) is 4.34. The molecule has 0 aromatic carbocycles. The van der Waals surface area contributed by atoms with Gasteiger partial charge < -0.3 is 10.2 Å². The number of rotatable bonds is 8. The summed E-state index contributed by atoms with van der Waals surface area (Å²) in [6, 6.07) is 0.398. The van der Waals surface area contributed by atoms with Crippen molar-refractivity contribution in [3.8, 4) is 0 Å². The second-order valence-corrected chi connectivity index (χ2v) is 4.34. The molecule has 0 radical (unpaired) electrons. The largest absolute Gasteiger partial charge is 0.351 e. The monoisotopic (exact) mass is 240 g/mol. The third kappa shape index (κ3) is 4.68. The minimum Gasteiger partial charge on any atom is -0.351 e. The first-order chi connectivity index (χ1) is 8.17. The Hall–Kier alpha value is -1.17. The molecule has 0 saturated carbocycles. The fraction of sp³-hybridized carbons (Fsp3) is 0.909. The van der Waals surface area contributed by atoms with Gasteiger partial charge in [-0.15, -0.1) is 0 Å². The van der Waals surface area contributed by atoms with Gasteiger partial charge >= 0.3 is 0 Å². The van der Waals surface area contributed by atoms with E-state index < -0.39 is 0 Å². The Balaban J connectivity index is 2.21. The van der Waals surface area contributed by atoms with Crippen molar-refractivity contribution in [3.63, 3.8) is 0 Å². The predicted molar refractivity (Wildman–Crippen MR) is 68.9 cm³/mol. The highest BCUT2D eigenvalue weighted by atomic mass is 15.6. The third-order valence-corrected chi connectivity index (χ3v) is 3.00. The quantitative estimate of drug-likeness (QED) is 0.738. The third-order valence-electron chi connectivity index (χ3n) is 3.00. The molecule has 0 aliphatic carbocycles. The number of aryl methyl sites for hydroxylation is 1. The number of aromatic nitrogens is 4. The standard InChI is InChI=1S/C11H24N6/c1-5-17(6-2)9-7-8-10(3)12-11-13-14-15-16(11)4/h10H,5-9H2,1-4H3,(H,12,13,15). The molecular weight excluding hydrogens is 216 g/mol. The number of nitrogens with one attached hydrogen (secondary N) is 1. The zero-order valence-electron chi connectivity index (χ0n) is 11.3. The van der Waals surface area contributed by atoms with Crippen LogP contribution in [0.3, 0.4) is 0 Å². The van der Waals surface area contributed by atoms with E-state index in [1.165, 1.54) is 6.42 Å². The minimum absolute atomic E-state index is 0.398. The molecule has 0 saturated heterocycles. The highest BCUT2D eigenvalue weighted by Crippen LogP contribution is 2.05. The van der Waals surface area contributed by atoms with Crippen molar-refractivity contribution < 1.29 is 0 Å². The lowest BCUT2D eigenvalue weighted by Crippen LogP contribution is -2.26.